The zero-order valence-electron chi connectivity index (χ0n) is 13.5. The monoisotopic (exact) mass is 313 g/mol. The molecule has 23 heavy (non-hydrogen) atoms. The summed E-state index contributed by atoms with van der Waals surface area (Å²) in [4.78, 5) is 0. The van der Waals surface area contributed by atoms with Gasteiger partial charge in [0.15, 0.2) is 11.5 Å². The Kier molecular flexibility index (Phi) is 3.95. The first kappa shape index (κ1) is 14.6. The molecule has 1 aliphatic heterocycles. The van der Waals surface area contributed by atoms with E-state index in [2.05, 4.69) is 16.5 Å². The van der Waals surface area contributed by atoms with Crippen molar-refractivity contribution >= 4 is 0 Å². The third-order valence-electron chi connectivity index (χ3n) is 4.77. The van der Waals surface area contributed by atoms with Gasteiger partial charge in [0.25, 0.3) is 0 Å². The molecule has 0 radical (unpaired) electrons. The van der Waals surface area contributed by atoms with Crippen LogP contribution >= 0.6 is 0 Å². The van der Waals surface area contributed by atoms with Gasteiger partial charge in [0, 0.05) is 42.9 Å². The lowest BCUT2D eigenvalue weighted by Crippen LogP contribution is -2.25. The minimum Gasteiger partial charge on any atom is -0.490 e. The third kappa shape index (κ3) is 2.81. The number of ether oxygens (including phenoxy) is 2. The smallest absolute Gasteiger partial charge is 0.165 e. The summed E-state index contributed by atoms with van der Waals surface area (Å²) < 4.78 is 13.7. The van der Waals surface area contributed by atoms with Crippen LogP contribution in [0.4, 0.5) is 0 Å². The van der Waals surface area contributed by atoms with E-state index in [4.69, 9.17) is 9.47 Å². The van der Waals surface area contributed by atoms with Crippen molar-refractivity contribution in [2.75, 3.05) is 13.2 Å². The normalized spacial score (nSPS) is 20.0. The van der Waals surface area contributed by atoms with Crippen molar-refractivity contribution in [3.05, 3.63) is 41.2 Å². The van der Waals surface area contributed by atoms with Crippen LogP contribution in [0.5, 0.6) is 11.5 Å². The van der Waals surface area contributed by atoms with Crippen molar-refractivity contribution in [3.8, 4) is 11.5 Å². The van der Waals surface area contributed by atoms with Crippen LogP contribution in [0, 0.1) is 0 Å². The molecule has 1 aromatic heterocycles. The first-order chi connectivity index (χ1) is 11.3. The average molecular weight is 313 g/mol. The Balaban J connectivity index is 1.52. The average Bonchev–Trinajstić information content (AvgIpc) is 2.81. The van der Waals surface area contributed by atoms with Crippen LogP contribution in [0.25, 0.3) is 0 Å². The molecular formula is C18H23N3O2. The highest BCUT2D eigenvalue weighted by Crippen LogP contribution is 2.34. The Hall–Kier alpha value is -2.01. The molecule has 4 rings (SSSR count). The maximum atomic E-state index is 5.91. The molecule has 0 unspecified atom stereocenters. The molecule has 5 heteroatoms. The summed E-state index contributed by atoms with van der Waals surface area (Å²) in [6, 6.07) is 6.52. The molecule has 0 amide bonds. The number of aryl methyl sites for hydroxylation is 1. The highest BCUT2D eigenvalue weighted by atomic mass is 16.5. The predicted molar refractivity (Wildman–Crippen MR) is 87.8 cm³/mol. The van der Waals surface area contributed by atoms with Gasteiger partial charge in [0.2, 0.25) is 0 Å². The number of hydrogen-bond donors (Lipinski definition) is 1. The van der Waals surface area contributed by atoms with E-state index < -0.39 is 0 Å². The molecule has 1 aliphatic carbocycles. The van der Waals surface area contributed by atoms with Crippen molar-refractivity contribution in [1.29, 1.82) is 0 Å². The molecule has 0 bridgehead atoms. The first-order valence-electron chi connectivity index (χ1n) is 8.44. The van der Waals surface area contributed by atoms with Gasteiger partial charge < -0.3 is 14.8 Å². The van der Waals surface area contributed by atoms with E-state index in [0.29, 0.717) is 6.04 Å². The minimum atomic E-state index is 0.370. The highest BCUT2D eigenvalue weighted by molar-refractivity contribution is 5.47. The van der Waals surface area contributed by atoms with Gasteiger partial charge in [-0.3, -0.25) is 4.68 Å². The summed E-state index contributed by atoms with van der Waals surface area (Å²) in [6.45, 7) is 2.23. The third-order valence-corrected chi connectivity index (χ3v) is 4.77. The maximum absolute atomic E-state index is 5.91. The van der Waals surface area contributed by atoms with E-state index in [9.17, 15) is 0 Å². The molecule has 0 saturated heterocycles. The Morgan fingerprint density at radius 1 is 1.26 bits per heavy atom. The Labute approximate surface area is 136 Å². The molecule has 2 heterocycles. The van der Waals surface area contributed by atoms with Crippen LogP contribution in [-0.4, -0.2) is 23.0 Å². The largest absolute Gasteiger partial charge is 0.490 e. The number of benzene rings is 1. The zero-order valence-corrected chi connectivity index (χ0v) is 13.5. The van der Waals surface area contributed by atoms with Crippen LogP contribution in [0.3, 0.4) is 0 Å². The van der Waals surface area contributed by atoms with Crippen molar-refractivity contribution in [1.82, 2.24) is 15.1 Å². The summed E-state index contributed by atoms with van der Waals surface area (Å²) in [6.07, 6.45) is 6.43. The fraction of sp³-hybridized carbons (Fsp3) is 0.500. The van der Waals surface area contributed by atoms with E-state index >= 15 is 0 Å². The molecule has 122 valence electrons. The summed E-state index contributed by atoms with van der Waals surface area (Å²) in [5, 5.41) is 8.11. The fourth-order valence-corrected chi connectivity index (χ4v) is 3.54. The van der Waals surface area contributed by atoms with Crippen molar-refractivity contribution < 1.29 is 9.47 Å². The lowest BCUT2D eigenvalue weighted by Gasteiger charge is -2.24. The lowest BCUT2D eigenvalue weighted by molar-refractivity contribution is 0.295. The summed E-state index contributed by atoms with van der Waals surface area (Å²) in [5.41, 5.74) is 3.87. The van der Waals surface area contributed by atoms with Gasteiger partial charge in [-0.1, -0.05) is 12.1 Å². The molecular weight excluding hydrogens is 290 g/mol. The van der Waals surface area contributed by atoms with Crippen LogP contribution in [0.2, 0.25) is 0 Å². The second kappa shape index (κ2) is 6.24. The first-order valence-corrected chi connectivity index (χ1v) is 8.44. The van der Waals surface area contributed by atoms with Gasteiger partial charge in [0.1, 0.15) is 0 Å². The Morgan fingerprint density at radius 2 is 2.17 bits per heavy atom. The van der Waals surface area contributed by atoms with Crippen LogP contribution in [0.1, 0.15) is 42.1 Å². The van der Waals surface area contributed by atoms with E-state index in [1.54, 1.807) is 0 Å². The van der Waals surface area contributed by atoms with Crippen molar-refractivity contribution in [2.45, 2.75) is 38.3 Å². The van der Waals surface area contributed by atoms with E-state index in [1.165, 1.54) is 23.2 Å². The standard InChI is InChI=1S/C18H23N3O2/c1-21-16-7-3-6-15(14(16)12-20-21)19-11-13-5-2-8-17-18(13)23-10-4-9-22-17/h2,5,8,12,15,19H,3-4,6-7,9-11H2,1H3/t15-/m0/s1. The lowest BCUT2D eigenvalue weighted by atomic mass is 9.93. The van der Waals surface area contributed by atoms with Crippen LogP contribution in [0.15, 0.2) is 24.4 Å². The summed E-state index contributed by atoms with van der Waals surface area (Å²) in [7, 11) is 2.03. The fourth-order valence-electron chi connectivity index (χ4n) is 3.54. The van der Waals surface area contributed by atoms with Gasteiger partial charge in [0.05, 0.1) is 19.4 Å². The second-order valence-corrected chi connectivity index (χ2v) is 6.29. The molecule has 0 fully saturated rings. The molecule has 1 N–H and O–H groups in total. The van der Waals surface area contributed by atoms with Crippen LogP contribution < -0.4 is 14.8 Å². The Morgan fingerprint density at radius 3 is 3.13 bits per heavy atom. The molecule has 0 saturated carbocycles. The molecule has 1 atom stereocenters. The molecule has 5 nitrogen and oxygen atoms in total. The molecule has 0 spiro atoms. The number of para-hydroxylation sites is 1. The van der Waals surface area contributed by atoms with E-state index in [0.717, 1.165) is 50.5 Å². The van der Waals surface area contributed by atoms with Crippen LogP contribution in [-0.2, 0) is 20.0 Å². The maximum Gasteiger partial charge on any atom is 0.165 e. The predicted octanol–water partition coefficient (Wildman–Crippen LogP) is 2.75. The zero-order chi connectivity index (χ0) is 15.6. The number of hydrogen-bond acceptors (Lipinski definition) is 4. The molecule has 2 aliphatic rings. The number of rotatable bonds is 3. The van der Waals surface area contributed by atoms with E-state index in [1.807, 2.05) is 30.1 Å². The van der Waals surface area contributed by atoms with Gasteiger partial charge in [-0.15, -0.1) is 0 Å². The Bertz CT molecular complexity index is 696. The van der Waals surface area contributed by atoms with Crippen molar-refractivity contribution in [2.24, 2.45) is 7.05 Å². The number of nitrogens with zero attached hydrogens (tertiary/aromatic N) is 2. The quantitative estimate of drug-likeness (QED) is 0.946. The van der Waals surface area contributed by atoms with Gasteiger partial charge >= 0.3 is 0 Å². The van der Waals surface area contributed by atoms with Gasteiger partial charge in [-0.05, 0) is 25.3 Å². The van der Waals surface area contributed by atoms with E-state index in [-0.39, 0.29) is 0 Å². The van der Waals surface area contributed by atoms with Gasteiger partial charge in [-0.2, -0.15) is 5.10 Å². The van der Waals surface area contributed by atoms with Gasteiger partial charge in [-0.25, -0.2) is 0 Å². The number of nitrogens with one attached hydrogen (secondary N) is 1. The SMILES string of the molecule is Cn1ncc2c1CCC[C@@H]2NCc1cccc2c1OCCCO2. The molecule has 1 aromatic carbocycles. The molecule has 2 aromatic rings. The summed E-state index contributed by atoms with van der Waals surface area (Å²) >= 11 is 0. The minimum absolute atomic E-state index is 0.370. The topological polar surface area (TPSA) is 48.3 Å². The summed E-state index contributed by atoms with van der Waals surface area (Å²) in [5.74, 6) is 1.77. The highest BCUT2D eigenvalue weighted by Gasteiger charge is 2.23. The van der Waals surface area contributed by atoms with Crippen molar-refractivity contribution in [3.63, 3.8) is 0 Å². The number of aromatic nitrogens is 2. The second-order valence-electron chi connectivity index (χ2n) is 6.29. The number of fused-ring (bicyclic) bond motifs is 2.